The molecule has 1 nitrogen and oxygen atoms in total. The predicted octanol–water partition coefficient (Wildman–Crippen LogP) is 4.78. The number of nitrogens with one attached hydrogen (secondary N) is 1. The van der Waals surface area contributed by atoms with Crippen molar-refractivity contribution in [3.8, 4) is 0 Å². The zero-order valence-corrected chi connectivity index (χ0v) is 12.8. The molecule has 0 fully saturated rings. The molecule has 1 heterocycles. The Morgan fingerprint density at radius 1 is 1.35 bits per heavy atom. The first-order valence-electron chi connectivity index (χ1n) is 5.29. The van der Waals surface area contributed by atoms with E-state index in [0.717, 1.165) is 9.50 Å². The second-order valence-corrected chi connectivity index (χ2v) is 6.09. The summed E-state index contributed by atoms with van der Waals surface area (Å²) in [6, 6.07) is 8.21. The van der Waals surface area contributed by atoms with Gasteiger partial charge in [0.05, 0.1) is 6.04 Å². The maximum Gasteiger partial charge on any atom is 0.0682 e. The number of aryl methyl sites for hydroxylation is 1. The van der Waals surface area contributed by atoms with Crippen LogP contribution in [0.25, 0.3) is 0 Å². The van der Waals surface area contributed by atoms with Gasteiger partial charge in [-0.1, -0.05) is 27.5 Å². The Balaban J connectivity index is 2.49. The fourth-order valence-corrected chi connectivity index (χ4v) is 3.55. The standard InChI is InChI=1S/C13H13BrClNS/c1-8-5-6-17-13(8)12(16-2)10-7-9(15)3-4-11(10)14/h3-7,12,16H,1-2H3. The molecule has 1 aromatic heterocycles. The smallest absolute Gasteiger partial charge is 0.0682 e. The van der Waals surface area contributed by atoms with Crippen LogP contribution in [0.3, 0.4) is 0 Å². The van der Waals surface area contributed by atoms with Gasteiger partial charge in [-0.3, -0.25) is 0 Å². The highest BCUT2D eigenvalue weighted by molar-refractivity contribution is 9.10. The second kappa shape index (κ2) is 5.53. The van der Waals surface area contributed by atoms with Crippen LogP contribution in [0, 0.1) is 6.92 Å². The highest BCUT2D eigenvalue weighted by Crippen LogP contribution is 2.34. The van der Waals surface area contributed by atoms with Gasteiger partial charge in [0.2, 0.25) is 0 Å². The molecule has 17 heavy (non-hydrogen) atoms. The lowest BCUT2D eigenvalue weighted by Crippen LogP contribution is -2.17. The fourth-order valence-electron chi connectivity index (χ4n) is 1.84. The molecule has 1 unspecified atom stereocenters. The van der Waals surface area contributed by atoms with Crippen LogP contribution in [-0.2, 0) is 0 Å². The molecule has 0 radical (unpaired) electrons. The number of rotatable bonds is 3. The quantitative estimate of drug-likeness (QED) is 0.854. The first kappa shape index (κ1) is 13.1. The van der Waals surface area contributed by atoms with Crippen LogP contribution < -0.4 is 5.32 Å². The van der Waals surface area contributed by atoms with E-state index in [1.165, 1.54) is 16.0 Å². The van der Waals surface area contributed by atoms with Gasteiger partial charge in [-0.25, -0.2) is 0 Å². The topological polar surface area (TPSA) is 12.0 Å². The van der Waals surface area contributed by atoms with Crippen molar-refractivity contribution in [3.05, 3.63) is 55.1 Å². The largest absolute Gasteiger partial charge is 0.309 e. The lowest BCUT2D eigenvalue weighted by Gasteiger charge is -2.18. The average Bonchev–Trinajstić information content (AvgIpc) is 2.71. The number of hydrogen-bond acceptors (Lipinski definition) is 2. The van der Waals surface area contributed by atoms with Crippen LogP contribution in [0.4, 0.5) is 0 Å². The molecule has 1 atom stereocenters. The van der Waals surface area contributed by atoms with Gasteiger partial charge < -0.3 is 5.32 Å². The van der Waals surface area contributed by atoms with Gasteiger partial charge in [0.1, 0.15) is 0 Å². The third-order valence-corrected chi connectivity index (χ3v) is 4.76. The monoisotopic (exact) mass is 329 g/mol. The van der Waals surface area contributed by atoms with Crippen molar-refractivity contribution in [2.24, 2.45) is 0 Å². The van der Waals surface area contributed by atoms with E-state index >= 15 is 0 Å². The first-order valence-corrected chi connectivity index (χ1v) is 7.34. The van der Waals surface area contributed by atoms with E-state index in [4.69, 9.17) is 11.6 Å². The van der Waals surface area contributed by atoms with Crippen LogP contribution >= 0.6 is 38.9 Å². The van der Waals surface area contributed by atoms with Crippen LogP contribution in [0.1, 0.15) is 22.0 Å². The van der Waals surface area contributed by atoms with Crippen molar-refractivity contribution in [1.29, 1.82) is 0 Å². The summed E-state index contributed by atoms with van der Waals surface area (Å²) < 4.78 is 1.08. The van der Waals surface area contributed by atoms with Crippen molar-refractivity contribution in [1.82, 2.24) is 5.32 Å². The predicted molar refractivity (Wildman–Crippen MR) is 79.1 cm³/mol. The van der Waals surface area contributed by atoms with Crippen LogP contribution in [0.2, 0.25) is 5.02 Å². The Kier molecular flexibility index (Phi) is 4.26. The van der Waals surface area contributed by atoms with Crippen molar-refractivity contribution < 1.29 is 0 Å². The molecule has 0 spiro atoms. The zero-order valence-electron chi connectivity index (χ0n) is 9.63. The number of hydrogen-bond donors (Lipinski definition) is 1. The molecule has 0 aliphatic carbocycles. The molecule has 0 saturated heterocycles. The molecule has 0 saturated carbocycles. The molecule has 1 aromatic carbocycles. The fraction of sp³-hybridized carbons (Fsp3) is 0.231. The first-order chi connectivity index (χ1) is 8.13. The molecular weight excluding hydrogens is 318 g/mol. The van der Waals surface area contributed by atoms with Gasteiger partial charge in [-0.2, -0.15) is 0 Å². The molecular formula is C13H13BrClNS. The number of halogens is 2. The lowest BCUT2D eigenvalue weighted by molar-refractivity contribution is 0.697. The molecule has 4 heteroatoms. The van der Waals surface area contributed by atoms with Gasteiger partial charge in [0.15, 0.2) is 0 Å². The summed E-state index contributed by atoms with van der Waals surface area (Å²) in [6.07, 6.45) is 0. The Labute approximate surface area is 119 Å². The van der Waals surface area contributed by atoms with Crippen molar-refractivity contribution in [3.63, 3.8) is 0 Å². The molecule has 2 aromatic rings. The molecule has 0 amide bonds. The van der Waals surface area contributed by atoms with Gasteiger partial charge in [0, 0.05) is 14.4 Å². The Hall–Kier alpha value is -0.350. The summed E-state index contributed by atoms with van der Waals surface area (Å²) in [4.78, 5) is 1.33. The summed E-state index contributed by atoms with van der Waals surface area (Å²) in [5, 5.41) is 6.23. The minimum absolute atomic E-state index is 0.183. The average molecular weight is 331 g/mol. The van der Waals surface area contributed by atoms with Crippen LogP contribution in [0.15, 0.2) is 34.1 Å². The summed E-state index contributed by atoms with van der Waals surface area (Å²) in [6.45, 7) is 2.13. The third-order valence-electron chi connectivity index (χ3n) is 2.72. The van der Waals surface area contributed by atoms with E-state index in [0.29, 0.717) is 0 Å². The van der Waals surface area contributed by atoms with Crippen LogP contribution in [0.5, 0.6) is 0 Å². The zero-order chi connectivity index (χ0) is 12.4. The van der Waals surface area contributed by atoms with Gasteiger partial charge >= 0.3 is 0 Å². The van der Waals surface area contributed by atoms with Crippen molar-refractivity contribution >= 4 is 38.9 Å². The summed E-state index contributed by atoms with van der Waals surface area (Å²) in [7, 11) is 1.97. The van der Waals surface area contributed by atoms with Crippen molar-refractivity contribution in [2.75, 3.05) is 7.05 Å². The summed E-state index contributed by atoms with van der Waals surface area (Å²) in [5.41, 5.74) is 2.48. The molecule has 1 N–H and O–H groups in total. The normalized spacial score (nSPS) is 12.7. The van der Waals surface area contributed by atoms with Gasteiger partial charge in [-0.15, -0.1) is 11.3 Å². The SMILES string of the molecule is CNC(c1cc(Cl)ccc1Br)c1sccc1C. The van der Waals surface area contributed by atoms with E-state index < -0.39 is 0 Å². The Morgan fingerprint density at radius 3 is 2.71 bits per heavy atom. The highest BCUT2D eigenvalue weighted by Gasteiger charge is 2.18. The minimum atomic E-state index is 0.183. The molecule has 0 aliphatic rings. The second-order valence-electron chi connectivity index (χ2n) is 3.86. The van der Waals surface area contributed by atoms with E-state index in [-0.39, 0.29) is 6.04 Å². The maximum atomic E-state index is 6.07. The summed E-state index contributed by atoms with van der Waals surface area (Å²) >= 11 is 11.4. The van der Waals surface area contributed by atoms with E-state index in [9.17, 15) is 0 Å². The minimum Gasteiger partial charge on any atom is -0.309 e. The number of benzene rings is 1. The number of thiophene rings is 1. The molecule has 0 aliphatic heterocycles. The molecule has 2 rings (SSSR count). The molecule has 0 bridgehead atoms. The Morgan fingerprint density at radius 2 is 2.12 bits per heavy atom. The van der Waals surface area contributed by atoms with Crippen molar-refractivity contribution in [2.45, 2.75) is 13.0 Å². The molecule has 90 valence electrons. The van der Waals surface area contributed by atoms with E-state index in [1.807, 2.05) is 25.2 Å². The highest BCUT2D eigenvalue weighted by atomic mass is 79.9. The van der Waals surface area contributed by atoms with E-state index in [1.54, 1.807) is 11.3 Å². The maximum absolute atomic E-state index is 6.07. The van der Waals surface area contributed by atoms with Gasteiger partial charge in [-0.05, 0) is 54.7 Å². The lowest BCUT2D eigenvalue weighted by atomic mass is 10.0. The Bertz CT molecular complexity index is 524. The van der Waals surface area contributed by atoms with E-state index in [2.05, 4.69) is 39.6 Å². The van der Waals surface area contributed by atoms with Gasteiger partial charge in [0.25, 0.3) is 0 Å². The third kappa shape index (κ3) is 2.74. The summed E-state index contributed by atoms with van der Waals surface area (Å²) in [5.74, 6) is 0. The van der Waals surface area contributed by atoms with Crippen LogP contribution in [-0.4, -0.2) is 7.05 Å².